The lowest BCUT2D eigenvalue weighted by atomic mass is 9.77. The molecule has 6 nitrogen and oxygen atoms in total. The van der Waals surface area contributed by atoms with Gasteiger partial charge in [0.15, 0.2) is 5.43 Å². The third-order valence-electron chi connectivity index (χ3n) is 6.96. The fourth-order valence-corrected chi connectivity index (χ4v) is 5.77. The van der Waals surface area contributed by atoms with Crippen LogP contribution in [0.15, 0.2) is 29.1 Å². The quantitative estimate of drug-likeness (QED) is 0.800. The molecule has 1 saturated carbocycles. The Labute approximate surface area is 175 Å². The van der Waals surface area contributed by atoms with Crippen molar-refractivity contribution in [3.63, 3.8) is 0 Å². The van der Waals surface area contributed by atoms with E-state index in [0.717, 1.165) is 63.4 Å². The zero-order valence-electron chi connectivity index (χ0n) is 16.5. The number of nitrogens with zero attached hydrogens (tertiary/aromatic N) is 2. The number of para-hydroxylation sites is 1. The van der Waals surface area contributed by atoms with E-state index in [-0.39, 0.29) is 17.6 Å². The van der Waals surface area contributed by atoms with Gasteiger partial charge in [0.05, 0.1) is 29.9 Å². The Balaban J connectivity index is 1.29. The molecule has 4 atom stereocenters. The molecule has 1 aliphatic carbocycles. The molecule has 0 bridgehead atoms. The van der Waals surface area contributed by atoms with Gasteiger partial charge in [0.25, 0.3) is 0 Å². The highest BCUT2D eigenvalue weighted by Gasteiger charge is 2.43. The van der Waals surface area contributed by atoms with Crippen molar-refractivity contribution >= 4 is 22.5 Å². The number of H-pyrrole nitrogens is 1. The Hall–Kier alpha value is -1.44. The van der Waals surface area contributed by atoms with Gasteiger partial charge in [-0.1, -0.05) is 17.7 Å². The molecule has 3 heterocycles. The number of halogens is 1. The molecule has 29 heavy (non-hydrogen) atoms. The van der Waals surface area contributed by atoms with Crippen LogP contribution in [0, 0.1) is 11.8 Å². The lowest BCUT2D eigenvalue weighted by Gasteiger charge is -2.43. The summed E-state index contributed by atoms with van der Waals surface area (Å²) in [5.41, 5.74) is 1.63. The third-order valence-corrected chi connectivity index (χ3v) is 7.28. The average molecular weight is 418 g/mol. The zero-order chi connectivity index (χ0) is 20.0. The number of aromatic nitrogens is 1. The van der Waals surface area contributed by atoms with Crippen LogP contribution in [0.1, 0.15) is 18.5 Å². The maximum absolute atomic E-state index is 12.5. The molecular weight excluding hydrogens is 390 g/mol. The molecular formula is C22H28ClN3O3. The van der Waals surface area contributed by atoms with Crippen LogP contribution in [0.4, 0.5) is 0 Å². The van der Waals surface area contributed by atoms with Crippen LogP contribution in [0.5, 0.6) is 0 Å². The second-order valence-corrected chi connectivity index (χ2v) is 9.20. The highest BCUT2D eigenvalue weighted by Crippen LogP contribution is 2.39. The molecule has 156 valence electrons. The van der Waals surface area contributed by atoms with Gasteiger partial charge in [0.2, 0.25) is 0 Å². The van der Waals surface area contributed by atoms with E-state index in [9.17, 15) is 9.90 Å². The Morgan fingerprint density at radius 1 is 1.17 bits per heavy atom. The largest absolute Gasteiger partial charge is 0.391 e. The number of aromatic amines is 1. The summed E-state index contributed by atoms with van der Waals surface area (Å²) in [5.74, 6) is 1.13. The summed E-state index contributed by atoms with van der Waals surface area (Å²) in [6.45, 7) is 6.06. The smallest absolute Gasteiger partial charge is 0.189 e. The number of morpholine rings is 1. The van der Waals surface area contributed by atoms with Crippen molar-refractivity contribution in [2.75, 3.05) is 39.4 Å². The van der Waals surface area contributed by atoms with Gasteiger partial charge >= 0.3 is 0 Å². The van der Waals surface area contributed by atoms with Gasteiger partial charge in [-0.25, -0.2) is 0 Å². The first-order valence-corrected chi connectivity index (χ1v) is 11.0. The molecule has 0 radical (unpaired) electrons. The minimum absolute atomic E-state index is 0.00988. The van der Waals surface area contributed by atoms with Gasteiger partial charge in [0.1, 0.15) is 0 Å². The third kappa shape index (κ3) is 3.84. The molecule has 2 aromatic rings. The molecule has 0 unspecified atom stereocenters. The van der Waals surface area contributed by atoms with E-state index in [1.54, 1.807) is 24.3 Å². The Morgan fingerprint density at radius 2 is 1.93 bits per heavy atom. The fraction of sp³-hybridized carbons (Fsp3) is 0.591. The maximum atomic E-state index is 12.5. The highest BCUT2D eigenvalue weighted by molar-refractivity contribution is 6.35. The van der Waals surface area contributed by atoms with Gasteiger partial charge in [-0.2, -0.15) is 0 Å². The van der Waals surface area contributed by atoms with E-state index in [0.29, 0.717) is 28.8 Å². The summed E-state index contributed by atoms with van der Waals surface area (Å²) in [5, 5.41) is 12.0. The van der Waals surface area contributed by atoms with E-state index in [1.165, 1.54) is 0 Å². The van der Waals surface area contributed by atoms with Gasteiger partial charge in [-0.05, 0) is 36.8 Å². The van der Waals surface area contributed by atoms with Crippen LogP contribution in [0.25, 0.3) is 10.9 Å². The lowest BCUT2D eigenvalue weighted by molar-refractivity contribution is -0.0520. The second-order valence-electron chi connectivity index (χ2n) is 8.79. The van der Waals surface area contributed by atoms with Crippen molar-refractivity contribution in [1.82, 2.24) is 14.8 Å². The minimum Gasteiger partial charge on any atom is -0.391 e. The number of fused-ring (bicyclic) bond motifs is 2. The number of rotatable bonds is 3. The number of aliphatic hydroxyl groups excluding tert-OH is 1. The number of benzene rings is 1. The van der Waals surface area contributed by atoms with Gasteiger partial charge in [-0.15, -0.1) is 0 Å². The number of hydrogen-bond donors (Lipinski definition) is 2. The molecule has 0 spiro atoms. The summed E-state index contributed by atoms with van der Waals surface area (Å²) >= 11 is 6.30. The van der Waals surface area contributed by atoms with Crippen LogP contribution >= 0.6 is 11.6 Å². The average Bonchev–Trinajstić information content (AvgIpc) is 3.10. The highest BCUT2D eigenvalue weighted by atomic mass is 35.5. The van der Waals surface area contributed by atoms with Crippen molar-refractivity contribution in [2.45, 2.75) is 31.5 Å². The van der Waals surface area contributed by atoms with E-state index in [4.69, 9.17) is 16.3 Å². The molecule has 1 aromatic heterocycles. The number of aliphatic hydroxyl groups is 1. The summed E-state index contributed by atoms with van der Waals surface area (Å²) < 4.78 is 5.47. The summed E-state index contributed by atoms with van der Waals surface area (Å²) in [7, 11) is 0. The number of nitrogens with one attached hydrogen (secondary N) is 1. The Kier molecular flexibility index (Phi) is 5.39. The Morgan fingerprint density at radius 3 is 2.72 bits per heavy atom. The molecule has 1 aromatic carbocycles. The molecule has 2 saturated heterocycles. The van der Waals surface area contributed by atoms with E-state index in [2.05, 4.69) is 14.8 Å². The van der Waals surface area contributed by atoms with Gasteiger partial charge < -0.3 is 14.8 Å². The Bertz CT molecular complexity index is 943. The first-order valence-electron chi connectivity index (χ1n) is 10.6. The van der Waals surface area contributed by atoms with E-state index < -0.39 is 0 Å². The van der Waals surface area contributed by atoms with Crippen LogP contribution in [0.3, 0.4) is 0 Å². The molecule has 3 fully saturated rings. The summed E-state index contributed by atoms with van der Waals surface area (Å²) in [4.78, 5) is 20.7. The van der Waals surface area contributed by atoms with E-state index >= 15 is 0 Å². The molecule has 2 N–H and O–H groups in total. The standard InChI is InChI=1S/C22H28ClN3O3/c23-18-3-1-2-17-20(27)10-16(24-22(17)18)13-25-11-14-8-19(21(28)9-15(14)12-25)26-4-6-29-7-5-26/h1-3,10,14-15,19,21,28H,4-9,11-13H2,(H,24,27)/t14-,15+,19-,21-/m1/s1. The van der Waals surface area contributed by atoms with Crippen LogP contribution < -0.4 is 5.43 Å². The molecule has 7 heteroatoms. The van der Waals surface area contributed by atoms with E-state index in [1.807, 2.05) is 0 Å². The van der Waals surface area contributed by atoms with Gasteiger partial charge in [0, 0.05) is 55.9 Å². The number of pyridine rings is 1. The lowest BCUT2D eigenvalue weighted by Crippen LogP contribution is -2.53. The molecule has 2 aliphatic heterocycles. The van der Waals surface area contributed by atoms with Crippen molar-refractivity contribution in [3.05, 3.63) is 45.2 Å². The summed E-state index contributed by atoms with van der Waals surface area (Å²) in [6.07, 6.45) is 1.65. The first kappa shape index (κ1) is 19.5. The zero-order valence-corrected chi connectivity index (χ0v) is 17.3. The predicted octanol–water partition coefficient (Wildman–Crippen LogP) is 2.08. The fourth-order valence-electron chi connectivity index (χ4n) is 5.55. The van der Waals surface area contributed by atoms with Crippen LogP contribution in [-0.4, -0.2) is 71.4 Å². The normalized spacial score (nSPS) is 31.2. The second kappa shape index (κ2) is 8.00. The topological polar surface area (TPSA) is 68.8 Å². The van der Waals surface area contributed by atoms with Crippen LogP contribution in [-0.2, 0) is 11.3 Å². The molecule has 5 rings (SSSR count). The minimum atomic E-state index is -0.256. The number of hydrogen-bond acceptors (Lipinski definition) is 5. The molecule has 3 aliphatic rings. The van der Waals surface area contributed by atoms with Crippen molar-refractivity contribution in [3.8, 4) is 0 Å². The monoisotopic (exact) mass is 417 g/mol. The summed E-state index contributed by atoms with van der Waals surface area (Å²) in [6, 6.07) is 7.37. The predicted molar refractivity (Wildman–Crippen MR) is 113 cm³/mol. The van der Waals surface area contributed by atoms with Crippen molar-refractivity contribution < 1.29 is 9.84 Å². The van der Waals surface area contributed by atoms with Crippen molar-refractivity contribution in [2.24, 2.45) is 11.8 Å². The van der Waals surface area contributed by atoms with Gasteiger partial charge in [-0.3, -0.25) is 14.6 Å². The number of likely N-dealkylation sites (tertiary alicyclic amines) is 1. The first-order chi connectivity index (χ1) is 14.1. The van der Waals surface area contributed by atoms with Crippen LogP contribution in [0.2, 0.25) is 5.02 Å². The molecule has 0 amide bonds. The van der Waals surface area contributed by atoms with Crippen molar-refractivity contribution in [1.29, 1.82) is 0 Å². The number of ether oxygens (including phenoxy) is 1. The maximum Gasteiger partial charge on any atom is 0.189 e. The SMILES string of the molecule is O=c1cc(CN2C[C@H]3C[C@@H](N4CCOCC4)[C@H](O)C[C@H]3C2)[nH]c2c(Cl)cccc12.